The van der Waals surface area contributed by atoms with E-state index >= 15 is 0 Å². The molecule has 0 radical (unpaired) electrons. The van der Waals surface area contributed by atoms with E-state index in [-0.39, 0.29) is 16.4 Å². The number of nitrogens with zero attached hydrogens (tertiary/aromatic N) is 1. The van der Waals surface area contributed by atoms with Crippen molar-refractivity contribution in [2.24, 2.45) is 5.10 Å². The van der Waals surface area contributed by atoms with E-state index in [4.69, 9.17) is 4.74 Å². The topological polar surface area (TPSA) is 108 Å². The summed E-state index contributed by atoms with van der Waals surface area (Å²) >= 11 is 0. The van der Waals surface area contributed by atoms with Crippen LogP contribution in [0.5, 0.6) is 17.2 Å². The molecular weight excluding hydrogens is 320 g/mol. The van der Waals surface area contributed by atoms with Gasteiger partial charge in [0.25, 0.3) is 10.0 Å². The monoisotopic (exact) mass is 336 g/mol. The Morgan fingerprint density at radius 2 is 1.83 bits per heavy atom. The highest BCUT2D eigenvalue weighted by atomic mass is 32.2. The summed E-state index contributed by atoms with van der Waals surface area (Å²) in [5.41, 5.74) is 0.426. The van der Waals surface area contributed by atoms with E-state index in [1.54, 1.807) is 12.1 Å². The van der Waals surface area contributed by atoms with Crippen molar-refractivity contribution in [1.29, 1.82) is 0 Å². The predicted molar refractivity (Wildman–Crippen MR) is 85.3 cm³/mol. The van der Waals surface area contributed by atoms with Gasteiger partial charge in [0.15, 0.2) is 11.5 Å². The molecule has 0 unspecified atom stereocenters. The Bertz CT molecular complexity index is 801. The molecule has 122 valence electrons. The normalized spacial score (nSPS) is 11.5. The Kier molecular flexibility index (Phi) is 5.07. The van der Waals surface area contributed by atoms with Crippen LogP contribution >= 0.6 is 0 Å². The molecule has 7 nitrogen and oxygen atoms in total. The van der Waals surface area contributed by atoms with Crippen molar-refractivity contribution in [3.8, 4) is 17.2 Å². The van der Waals surface area contributed by atoms with Gasteiger partial charge in [-0.3, -0.25) is 0 Å². The van der Waals surface area contributed by atoms with Crippen LogP contribution in [0, 0.1) is 0 Å². The second-order valence-corrected chi connectivity index (χ2v) is 6.17. The van der Waals surface area contributed by atoms with E-state index < -0.39 is 10.0 Å². The van der Waals surface area contributed by atoms with E-state index in [2.05, 4.69) is 9.93 Å². The molecule has 0 aliphatic rings. The Balaban J connectivity index is 2.08. The molecule has 2 rings (SSSR count). The zero-order valence-electron chi connectivity index (χ0n) is 12.3. The minimum atomic E-state index is -3.80. The van der Waals surface area contributed by atoms with Gasteiger partial charge in [-0.15, -0.1) is 0 Å². The largest absolute Gasteiger partial charge is 0.504 e. The Labute approximate surface area is 133 Å². The molecule has 8 heteroatoms. The van der Waals surface area contributed by atoms with Crippen molar-refractivity contribution in [3.05, 3.63) is 48.0 Å². The molecule has 0 fully saturated rings. The number of hydrogen-bond acceptors (Lipinski definition) is 6. The van der Waals surface area contributed by atoms with Crippen LogP contribution in [-0.2, 0) is 10.0 Å². The zero-order valence-corrected chi connectivity index (χ0v) is 13.1. The number of rotatable bonds is 6. The first-order chi connectivity index (χ1) is 10.9. The number of phenolic OH excluding ortho intramolecular Hbond substituents is 2. The van der Waals surface area contributed by atoms with Crippen molar-refractivity contribution >= 4 is 16.2 Å². The average Bonchev–Trinajstić information content (AvgIpc) is 2.51. The summed E-state index contributed by atoms with van der Waals surface area (Å²) in [6.45, 7) is 2.33. The summed E-state index contributed by atoms with van der Waals surface area (Å²) in [6.07, 6.45) is 1.21. The minimum absolute atomic E-state index is 0.0478. The average molecular weight is 336 g/mol. The fourth-order valence-corrected chi connectivity index (χ4v) is 2.52. The third-order valence-corrected chi connectivity index (χ3v) is 4.07. The fraction of sp³-hybridized carbons (Fsp3) is 0.133. The number of phenols is 2. The number of benzene rings is 2. The highest BCUT2D eigenvalue weighted by Crippen LogP contribution is 2.24. The van der Waals surface area contributed by atoms with Crippen molar-refractivity contribution in [3.63, 3.8) is 0 Å². The maximum absolute atomic E-state index is 12.1. The first kappa shape index (κ1) is 16.6. The third kappa shape index (κ3) is 4.36. The zero-order chi connectivity index (χ0) is 16.9. The Morgan fingerprint density at radius 3 is 2.43 bits per heavy atom. The molecule has 2 aromatic carbocycles. The highest BCUT2D eigenvalue weighted by molar-refractivity contribution is 7.89. The lowest BCUT2D eigenvalue weighted by molar-refractivity contribution is 0.340. The molecule has 0 atom stereocenters. The Morgan fingerprint density at radius 1 is 1.13 bits per heavy atom. The van der Waals surface area contributed by atoms with Gasteiger partial charge in [0, 0.05) is 0 Å². The Hall–Kier alpha value is -2.74. The number of nitrogens with one attached hydrogen (secondary N) is 1. The van der Waals surface area contributed by atoms with Gasteiger partial charge in [-0.2, -0.15) is 13.5 Å². The van der Waals surface area contributed by atoms with Crippen molar-refractivity contribution in [2.75, 3.05) is 6.61 Å². The van der Waals surface area contributed by atoms with Crippen LogP contribution in [0.4, 0.5) is 0 Å². The van der Waals surface area contributed by atoms with Crippen LogP contribution in [0.3, 0.4) is 0 Å². The molecule has 0 bridgehead atoms. The number of sulfonamides is 1. The quantitative estimate of drug-likeness (QED) is 0.423. The molecule has 0 aliphatic carbocycles. The van der Waals surface area contributed by atoms with Gasteiger partial charge >= 0.3 is 0 Å². The second kappa shape index (κ2) is 7.01. The van der Waals surface area contributed by atoms with Gasteiger partial charge in [0.05, 0.1) is 17.7 Å². The first-order valence-corrected chi connectivity index (χ1v) is 8.20. The minimum Gasteiger partial charge on any atom is -0.504 e. The van der Waals surface area contributed by atoms with Crippen LogP contribution in [0.1, 0.15) is 12.5 Å². The summed E-state index contributed by atoms with van der Waals surface area (Å²) in [6, 6.07) is 9.94. The summed E-state index contributed by atoms with van der Waals surface area (Å²) in [4.78, 5) is 2.11. The summed E-state index contributed by atoms with van der Waals surface area (Å²) in [5, 5.41) is 22.2. The third-order valence-electron chi connectivity index (χ3n) is 2.83. The molecule has 3 N–H and O–H groups in total. The van der Waals surface area contributed by atoms with Crippen LogP contribution in [0.2, 0.25) is 0 Å². The van der Waals surface area contributed by atoms with E-state index in [0.717, 1.165) is 0 Å². The number of hydrogen-bond donors (Lipinski definition) is 3. The standard InChI is InChI=1S/C15H16N2O5S/c1-2-22-12-4-6-13(7-5-12)23(20,21)17-16-10-11-3-8-14(18)15(19)9-11/h3-10,17-19H,2H2,1H3/b16-10+. The maximum atomic E-state index is 12.1. The van der Waals surface area contributed by atoms with Crippen molar-refractivity contribution < 1.29 is 23.4 Å². The molecule has 0 saturated carbocycles. The lowest BCUT2D eigenvalue weighted by Crippen LogP contribution is -2.18. The predicted octanol–water partition coefficient (Wildman–Crippen LogP) is 1.81. The van der Waals surface area contributed by atoms with E-state index in [9.17, 15) is 18.6 Å². The van der Waals surface area contributed by atoms with Gasteiger partial charge in [0.2, 0.25) is 0 Å². The van der Waals surface area contributed by atoms with Gasteiger partial charge < -0.3 is 14.9 Å². The van der Waals surface area contributed by atoms with Crippen LogP contribution in [-0.4, -0.2) is 31.5 Å². The maximum Gasteiger partial charge on any atom is 0.276 e. The van der Waals surface area contributed by atoms with Crippen LogP contribution in [0.15, 0.2) is 52.5 Å². The van der Waals surface area contributed by atoms with E-state index in [0.29, 0.717) is 17.9 Å². The van der Waals surface area contributed by atoms with Gasteiger partial charge in [-0.25, -0.2) is 4.83 Å². The SMILES string of the molecule is CCOc1ccc(S(=O)(=O)N/N=C/c2ccc(O)c(O)c2)cc1. The molecular formula is C15H16N2O5S. The van der Waals surface area contributed by atoms with Crippen LogP contribution < -0.4 is 9.57 Å². The number of hydrazone groups is 1. The highest BCUT2D eigenvalue weighted by Gasteiger charge is 2.12. The lowest BCUT2D eigenvalue weighted by Gasteiger charge is -2.05. The lowest BCUT2D eigenvalue weighted by atomic mass is 10.2. The van der Waals surface area contributed by atoms with Gasteiger partial charge in [-0.1, -0.05) is 0 Å². The van der Waals surface area contributed by atoms with Gasteiger partial charge in [0.1, 0.15) is 5.75 Å². The molecule has 0 saturated heterocycles. The summed E-state index contributed by atoms with van der Waals surface area (Å²) in [5.74, 6) is -0.00467. The number of aromatic hydroxyl groups is 2. The molecule has 0 aliphatic heterocycles. The number of ether oxygens (including phenoxy) is 1. The molecule has 0 aromatic heterocycles. The molecule has 0 heterocycles. The first-order valence-electron chi connectivity index (χ1n) is 6.72. The van der Waals surface area contributed by atoms with Crippen molar-refractivity contribution in [2.45, 2.75) is 11.8 Å². The summed E-state index contributed by atoms with van der Waals surface area (Å²) < 4.78 is 29.4. The van der Waals surface area contributed by atoms with Crippen LogP contribution in [0.25, 0.3) is 0 Å². The fourth-order valence-electron chi connectivity index (χ4n) is 1.73. The van der Waals surface area contributed by atoms with Gasteiger partial charge in [-0.05, 0) is 55.0 Å². The smallest absolute Gasteiger partial charge is 0.276 e. The molecule has 0 amide bonds. The molecule has 2 aromatic rings. The molecule has 0 spiro atoms. The summed E-state index contributed by atoms with van der Waals surface area (Å²) in [7, 11) is -3.80. The van der Waals surface area contributed by atoms with E-state index in [1.807, 2.05) is 6.92 Å². The molecule has 23 heavy (non-hydrogen) atoms. The van der Waals surface area contributed by atoms with Crippen molar-refractivity contribution in [1.82, 2.24) is 4.83 Å². The van der Waals surface area contributed by atoms with E-state index in [1.165, 1.54) is 36.5 Å². The second-order valence-electron chi connectivity index (χ2n) is 4.51.